The molecule has 0 aliphatic carbocycles. The molecular weight excluding hydrogens is 998 g/mol. The number of anilines is 3. The van der Waals surface area contributed by atoms with Crippen LogP contribution >= 0.6 is 11.8 Å². The van der Waals surface area contributed by atoms with Crippen LogP contribution in [0.5, 0.6) is 0 Å². The molecule has 0 spiro atoms. The van der Waals surface area contributed by atoms with Crippen molar-refractivity contribution in [2.24, 2.45) is 0 Å². The van der Waals surface area contributed by atoms with Crippen LogP contribution in [0.15, 0.2) is 216 Å². The van der Waals surface area contributed by atoms with Crippen LogP contribution < -0.4 is 21.3 Å². The molecule has 4 heterocycles. The molecule has 14 rings (SSSR count). The monoisotopic (exact) mass is 1070 g/mol. The molecule has 0 radical (unpaired) electrons. The molecule has 2 aliphatic heterocycles. The maximum Gasteiger partial charge on any atom is 0.250 e. The van der Waals surface area contributed by atoms with E-state index in [4.69, 9.17) is 0 Å². The van der Waals surface area contributed by atoms with Crippen LogP contribution in [0.4, 0.5) is 17.1 Å². The van der Waals surface area contributed by atoms with Gasteiger partial charge in [0.05, 0.1) is 27.8 Å². The fourth-order valence-electron chi connectivity index (χ4n) is 13.2. The molecule has 0 saturated heterocycles. The molecule has 12 aromatic rings. The first-order valence-corrected chi connectivity index (χ1v) is 29.8. The summed E-state index contributed by atoms with van der Waals surface area (Å²) in [6.45, 7) is 27.8. The number of aromatic nitrogens is 2. The predicted octanol–water partition coefficient (Wildman–Crippen LogP) is 19.2. The minimum atomic E-state index is -0.0999. The number of hydrogen-bond acceptors (Lipinski definition) is 2. The molecule has 398 valence electrons. The van der Waals surface area contributed by atoms with Gasteiger partial charge in [-0.05, 0) is 138 Å². The molecule has 0 bridgehead atoms. The molecule has 3 nitrogen and oxygen atoms in total. The van der Waals surface area contributed by atoms with Crippen molar-refractivity contribution in [1.29, 1.82) is 0 Å². The first kappa shape index (κ1) is 51.2. The summed E-state index contributed by atoms with van der Waals surface area (Å²) < 4.78 is 5.10. The molecule has 0 saturated carbocycles. The van der Waals surface area contributed by atoms with Crippen molar-refractivity contribution in [2.45, 2.75) is 115 Å². The van der Waals surface area contributed by atoms with Crippen LogP contribution in [-0.2, 0) is 21.7 Å². The molecule has 2 aliphatic rings. The van der Waals surface area contributed by atoms with Gasteiger partial charge in [0.2, 0.25) is 0 Å². The van der Waals surface area contributed by atoms with Crippen molar-refractivity contribution in [3.05, 3.63) is 229 Å². The zero-order valence-corrected chi connectivity index (χ0v) is 49.8. The fraction of sp³-hybridized carbons (Fsp3) is 0.211. The Kier molecular flexibility index (Phi) is 11.5. The molecule has 5 heteroatoms. The van der Waals surface area contributed by atoms with Gasteiger partial charge in [-0.15, -0.1) is 0 Å². The number of fused-ring (bicyclic) bond motifs is 11. The highest BCUT2D eigenvalue weighted by Crippen LogP contribution is 2.49. The molecule has 81 heavy (non-hydrogen) atoms. The van der Waals surface area contributed by atoms with Crippen molar-refractivity contribution >= 4 is 95.5 Å². The minimum absolute atomic E-state index is 0.0123. The van der Waals surface area contributed by atoms with Gasteiger partial charge in [0.25, 0.3) is 6.71 Å². The summed E-state index contributed by atoms with van der Waals surface area (Å²) in [5.74, 6) is 0. The summed E-state index contributed by atoms with van der Waals surface area (Å²) in [5.41, 5.74) is 24.9. The van der Waals surface area contributed by atoms with Crippen LogP contribution in [0.25, 0.3) is 77.2 Å². The van der Waals surface area contributed by atoms with Crippen molar-refractivity contribution in [2.75, 3.05) is 4.90 Å². The fourth-order valence-corrected chi connectivity index (χ4v) is 14.5. The van der Waals surface area contributed by atoms with E-state index in [0.29, 0.717) is 0 Å². The highest BCUT2D eigenvalue weighted by atomic mass is 32.2. The average Bonchev–Trinajstić information content (AvgIpc) is 4.08. The lowest BCUT2D eigenvalue weighted by atomic mass is 9.34. The Hall–Kier alpha value is -7.99. The Bertz CT molecular complexity index is 4380. The SMILES string of the molecule is CC(C)(C)c1ccc(-c2cccc(-c3ccc(C(C)(C)C)cc3)c2-n2c3ccccc3c3c4c(ccc32)Sc2cc(C(C)(C)C)cc3c2B4c2ccc(-n4c5ccccc5c5ccccc54)cc2N3c2ccc(C(C)(C)C)cc2)cc1. The average molecular weight is 1070 g/mol. The van der Waals surface area contributed by atoms with Gasteiger partial charge in [-0.1, -0.05) is 234 Å². The number of para-hydroxylation sites is 4. The second-order valence-electron chi connectivity index (χ2n) is 27.0. The highest BCUT2D eigenvalue weighted by Gasteiger charge is 2.44. The van der Waals surface area contributed by atoms with Crippen LogP contribution in [0.2, 0.25) is 0 Å². The lowest BCUT2D eigenvalue weighted by molar-refractivity contribution is 0.589. The maximum atomic E-state index is 2.62. The van der Waals surface area contributed by atoms with E-state index in [-0.39, 0.29) is 28.4 Å². The van der Waals surface area contributed by atoms with E-state index in [1.807, 2.05) is 11.8 Å². The molecule has 0 N–H and O–H groups in total. The Morgan fingerprint density at radius 1 is 0.346 bits per heavy atom. The first-order valence-electron chi connectivity index (χ1n) is 29.0. The Labute approximate surface area is 483 Å². The maximum absolute atomic E-state index is 2.62. The Balaban J connectivity index is 1.08. The van der Waals surface area contributed by atoms with Gasteiger partial charge in [0, 0.05) is 65.2 Å². The second-order valence-corrected chi connectivity index (χ2v) is 28.1. The third kappa shape index (κ3) is 8.24. The largest absolute Gasteiger partial charge is 0.311 e. The molecule has 2 aromatic heterocycles. The van der Waals surface area contributed by atoms with Crippen molar-refractivity contribution in [1.82, 2.24) is 9.13 Å². The lowest BCUT2D eigenvalue weighted by Crippen LogP contribution is -2.60. The van der Waals surface area contributed by atoms with Gasteiger partial charge in [-0.3, -0.25) is 0 Å². The molecule has 0 fully saturated rings. The van der Waals surface area contributed by atoms with E-state index in [1.54, 1.807) is 0 Å². The molecule has 0 amide bonds. The number of rotatable bonds is 5. The molecular formula is C76H70BN3S. The molecule has 0 atom stereocenters. The van der Waals surface area contributed by atoms with E-state index in [1.165, 1.54) is 131 Å². The van der Waals surface area contributed by atoms with Crippen molar-refractivity contribution in [3.63, 3.8) is 0 Å². The summed E-state index contributed by atoms with van der Waals surface area (Å²) in [4.78, 5) is 5.25. The number of nitrogens with zero attached hydrogens (tertiary/aromatic N) is 3. The normalized spacial score (nSPS) is 13.6. The van der Waals surface area contributed by atoms with Crippen LogP contribution in [0.1, 0.15) is 105 Å². The zero-order chi connectivity index (χ0) is 56.1. The smallest absolute Gasteiger partial charge is 0.250 e. The van der Waals surface area contributed by atoms with E-state index < -0.39 is 0 Å². The quantitative estimate of drug-likeness (QED) is 0.159. The third-order valence-corrected chi connectivity index (χ3v) is 18.8. The topological polar surface area (TPSA) is 13.1 Å². The van der Waals surface area contributed by atoms with Gasteiger partial charge < -0.3 is 14.0 Å². The van der Waals surface area contributed by atoms with Gasteiger partial charge in [-0.2, -0.15) is 0 Å². The summed E-state index contributed by atoms with van der Waals surface area (Å²) in [7, 11) is 0. The standard InChI is InChI=1S/C76H70BN3S/c1-73(2,3)49-32-28-47(29-33-49)55-23-19-24-56(48-30-34-50(35-31-48)74(4,5)6)72(55)80-63-27-18-15-22-59(63)69-64(80)42-43-67-71(69)77-60-41-40-54(79-61-25-16-13-20-57(61)58-21-14-17-26-62(58)79)46-65(60)78(53-38-36-51(37-39-53)75(7,8)9)66-44-52(76(10,11)12)45-68(81-67)70(66)77/h13-46H,1-12H3. The van der Waals surface area contributed by atoms with Crippen LogP contribution in [0, 0.1) is 0 Å². The van der Waals surface area contributed by atoms with E-state index in [9.17, 15) is 0 Å². The van der Waals surface area contributed by atoms with Crippen molar-refractivity contribution < 1.29 is 0 Å². The first-order chi connectivity index (χ1) is 38.7. The highest BCUT2D eigenvalue weighted by molar-refractivity contribution is 8.00. The third-order valence-electron chi connectivity index (χ3n) is 17.6. The summed E-state index contributed by atoms with van der Waals surface area (Å²) >= 11 is 1.96. The van der Waals surface area contributed by atoms with Crippen molar-refractivity contribution in [3.8, 4) is 33.6 Å². The van der Waals surface area contributed by atoms with E-state index >= 15 is 0 Å². The summed E-state index contributed by atoms with van der Waals surface area (Å²) in [6.07, 6.45) is 0. The number of benzene rings is 10. The van der Waals surface area contributed by atoms with Gasteiger partial charge in [-0.25, -0.2) is 0 Å². The van der Waals surface area contributed by atoms with Gasteiger partial charge in [0.15, 0.2) is 0 Å². The predicted molar refractivity (Wildman–Crippen MR) is 351 cm³/mol. The van der Waals surface area contributed by atoms with Gasteiger partial charge in [0.1, 0.15) is 0 Å². The van der Waals surface area contributed by atoms with Crippen LogP contribution in [0.3, 0.4) is 0 Å². The van der Waals surface area contributed by atoms with E-state index in [0.717, 1.165) is 11.4 Å². The van der Waals surface area contributed by atoms with Gasteiger partial charge >= 0.3 is 0 Å². The Morgan fingerprint density at radius 3 is 1.36 bits per heavy atom. The summed E-state index contributed by atoms with van der Waals surface area (Å²) in [5, 5.41) is 5.09. The minimum Gasteiger partial charge on any atom is -0.311 e. The number of hydrogen-bond donors (Lipinski definition) is 0. The van der Waals surface area contributed by atoms with E-state index in [2.05, 4.69) is 303 Å². The molecule has 10 aromatic carbocycles. The zero-order valence-electron chi connectivity index (χ0n) is 49.0. The second kappa shape index (κ2) is 18.3. The molecule has 0 unspecified atom stereocenters. The summed E-state index contributed by atoms with van der Waals surface area (Å²) in [6, 6.07) is 79.4. The Morgan fingerprint density at radius 2 is 0.827 bits per heavy atom. The van der Waals surface area contributed by atoms with Crippen LogP contribution in [-0.4, -0.2) is 15.8 Å². The lowest BCUT2D eigenvalue weighted by Gasteiger charge is -2.42.